The largest absolute Gasteiger partial charge is 0.317 e. The molecular formula is C11H14N2O2. The van der Waals surface area contributed by atoms with Crippen molar-refractivity contribution < 1.29 is 9.59 Å². The maximum Gasteiger partial charge on any atom is 0.224 e. The lowest BCUT2D eigenvalue weighted by Gasteiger charge is -2.37. The maximum atomic E-state index is 11.9. The average Bonchev–Trinajstić information content (AvgIpc) is 2.82. The van der Waals surface area contributed by atoms with Gasteiger partial charge in [-0.15, -0.1) is 0 Å². The van der Waals surface area contributed by atoms with Crippen LogP contribution in [-0.4, -0.2) is 40.4 Å². The normalized spacial score (nSPS) is 46.7. The van der Waals surface area contributed by atoms with E-state index in [1.54, 1.807) is 0 Å². The van der Waals surface area contributed by atoms with Crippen molar-refractivity contribution in [3.63, 3.8) is 0 Å². The van der Waals surface area contributed by atoms with Gasteiger partial charge in [0.2, 0.25) is 11.8 Å². The minimum Gasteiger partial charge on any atom is -0.317 e. The first kappa shape index (κ1) is 8.13. The Labute approximate surface area is 88.2 Å². The fourth-order valence-corrected chi connectivity index (χ4v) is 4.54. The molecule has 4 heteroatoms. The third-order valence-electron chi connectivity index (χ3n) is 4.92. The number of amides is 2. The zero-order valence-corrected chi connectivity index (χ0v) is 8.61. The second-order valence-corrected chi connectivity index (χ2v) is 5.25. The Balaban J connectivity index is 1.92. The summed E-state index contributed by atoms with van der Waals surface area (Å²) in [5.74, 6) is 1.43. The highest BCUT2D eigenvalue weighted by molar-refractivity contribution is 5.88. The molecule has 0 N–H and O–H groups in total. The number of carbonyl (C=O) groups excluding carboxylic acids is 2. The quantitative estimate of drug-likeness (QED) is 0.567. The van der Waals surface area contributed by atoms with Gasteiger partial charge in [-0.3, -0.25) is 9.59 Å². The topological polar surface area (TPSA) is 40.6 Å². The van der Waals surface area contributed by atoms with Crippen LogP contribution in [0.2, 0.25) is 0 Å². The van der Waals surface area contributed by atoms with E-state index in [4.69, 9.17) is 0 Å². The predicted octanol–water partition coefficient (Wildman–Crippen LogP) is 0.187. The van der Waals surface area contributed by atoms with Crippen LogP contribution in [0.4, 0.5) is 0 Å². The van der Waals surface area contributed by atoms with Gasteiger partial charge in [-0.1, -0.05) is 0 Å². The Bertz CT molecular complexity index is 343. The molecule has 4 aliphatic rings. The Morgan fingerprint density at radius 2 is 1.40 bits per heavy atom. The fraction of sp³-hybridized carbons (Fsp3) is 0.818. The monoisotopic (exact) mass is 206 g/mol. The molecule has 4 nitrogen and oxygen atoms in total. The lowest BCUT2D eigenvalue weighted by Crippen LogP contribution is -2.52. The molecule has 1 spiro atoms. The molecule has 1 aliphatic carbocycles. The van der Waals surface area contributed by atoms with Crippen LogP contribution in [0.25, 0.3) is 0 Å². The Kier molecular flexibility index (Phi) is 1.19. The standard InChI is InChI=1S/C11H14N2O2/c14-9-5-7-1-2-8-6-10(15)13-4-3-12(9)11(7,8)13/h7-8H,1-6H2. The Hall–Kier alpha value is -1.06. The molecule has 1 saturated carbocycles. The molecule has 2 amide bonds. The predicted molar refractivity (Wildman–Crippen MR) is 51.6 cm³/mol. The summed E-state index contributed by atoms with van der Waals surface area (Å²) >= 11 is 0. The van der Waals surface area contributed by atoms with Crippen molar-refractivity contribution in [2.24, 2.45) is 11.8 Å². The van der Waals surface area contributed by atoms with Crippen molar-refractivity contribution in [2.45, 2.75) is 31.3 Å². The average molecular weight is 206 g/mol. The van der Waals surface area contributed by atoms with E-state index in [0.29, 0.717) is 24.7 Å². The first-order valence-electron chi connectivity index (χ1n) is 5.85. The van der Waals surface area contributed by atoms with Gasteiger partial charge in [0.25, 0.3) is 0 Å². The van der Waals surface area contributed by atoms with Gasteiger partial charge in [-0.05, 0) is 12.8 Å². The molecule has 3 aliphatic heterocycles. The van der Waals surface area contributed by atoms with Crippen LogP contribution in [0.15, 0.2) is 0 Å². The molecule has 2 unspecified atom stereocenters. The van der Waals surface area contributed by atoms with Crippen molar-refractivity contribution in [1.29, 1.82) is 0 Å². The number of hydrogen-bond donors (Lipinski definition) is 0. The Morgan fingerprint density at radius 3 is 1.87 bits per heavy atom. The van der Waals surface area contributed by atoms with Gasteiger partial charge >= 0.3 is 0 Å². The lowest BCUT2D eigenvalue weighted by atomic mass is 9.92. The molecule has 80 valence electrons. The van der Waals surface area contributed by atoms with Gasteiger partial charge < -0.3 is 9.80 Å². The van der Waals surface area contributed by atoms with E-state index in [9.17, 15) is 9.59 Å². The molecule has 3 saturated heterocycles. The first-order valence-corrected chi connectivity index (χ1v) is 5.85. The number of nitrogens with zero attached hydrogens (tertiary/aromatic N) is 2. The minimum absolute atomic E-state index is 0.145. The second-order valence-electron chi connectivity index (χ2n) is 5.25. The van der Waals surface area contributed by atoms with E-state index in [1.165, 1.54) is 0 Å². The third-order valence-corrected chi connectivity index (χ3v) is 4.92. The number of rotatable bonds is 0. The number of hydrogen-bond acceptors (Lipinski definition) is 2. The molecule has 15 heavy (non-hydrogen) atoms. The van der Waals surface area contributed by atoms with E-state index >= 15 is 0 Å². The molecule has 3 heterocycles. The summed E-state index contributed by atoms with van der Waals surface area (Å²) in [6, 6.07) is 0. The highest BCUT2D eigenvalue weighted by Gasteiger charge is 2.70. The van der Waals surface area contributed by atoms with Crippen LogP contribution in [0.1, 0.15) is 25.7 Å². The molecule has 0 aromatic heterocycles. The fourth-order valence-electron chi connectivity index (χ4n) is 4.54. The van der Waals surface area contributed by atoms with Crippen LogP contribution >= 0.6 is 0 Å². The molecular weight excluding hydrogens is 192 g/mol. The van der Waals surface area contributed by atoms with Gasteiger partial charge in [0, 0.05) is 37.8 Å². The van der Waals surface area contributed by atoms with E-state index in [-0.39, 0.29) is 17.5 Å². The van der Waals surface area contributed by atoms with Crippen LogP contribution < -0.4 is 0 Å². The van der Waals surface area contributed by atoms with Gasteiger partial charge in [0.1, 0.15) is 5.66 Å². The van der Waals surface area contributed by atoms with Crippen LogP contribution in [0.5, 0.6) is 0 Å². The number of carbonyl (C=O) groups is 2. The van der Waals surface area contributed by atoms with Crippen molar-refractivity contribution in [2.75, 3.05) is 13.1 Å². The highest BCUT2D eigenvalue weighted by atomic mass is 16.2. The zero-order chi connectivity index (χ0) is 10.2. The molecule has 0 aromatic rings. The summed E-state index contributed by atoms with van der Waals surface area (Å²) in [5, 5.41) is 0. The van der Waals surface area contributed by atoms with Crippen molar-refractivity contribution in [1.82, 2.24) is 9.80 Å². The van der Waals surface area contributed by atoms with Gasteiger partial charge in [-0.25, -0.2) is 0 Å². The van der Waals surface area contributed by atoms with Crippen LogP contribution in [0, 0.1) is 11.8 Å². The maximum absolute atomic E-state index is 11.9. The first-order chi connectivity index (χ1) is 7.24. The summed E-state index contributed by atoms with van der Waals surface area (Å²) in [7, 11) is 0. The summed E-state index contributed by atoms with van der Waals surface area (Å²) in [5.41, 5.74) is -0.145. The van der Waals surface area contributed by atoms with E-state index < -0.39 is 0 Å². The van der Waals surface area contributed by atoms with Gasteiger partial charge in [-0.2, -0.15) is 0 Å². The molecule has 0 bridgehead atoms. The molecule has 4 fully saturated rings. The zero-order valence-electron chi connectivity index (χ0n) is 8.61. The van der Waals surface area contributed by atoms with Crippen molar-refractivity contribution in [3.8, 4) is 0 Å². The summed E-state index contributed by atoms with van der Waals surface area (Å²) in [4.78, 5) is 27.8. The second kappa shape index (κ2) is 2.20. The summed E-state index contributed by atoms with van der Waals surface area (Å²) < 4.78 is 0. The third kappa shape index (κ3) is 0.647. The molecule has 2 atom stereocenters. The van der Waals surface area contributed by atoms with Gasteiger partial charge in [0.15, 0.2) is 0 Å². The van der Waals surface area contributed by atoms with E-state index in [2.05, 4.69) is 0 Å². The van der Waals surface area contributed by atoms with Crippen molar-refractivity contribution in [3.05, 3.63) is 0 Å². The van der Waals surface area contributed by atoms with E-state index in [0.717, 1.165) is 25.9 Å². The highest BCUT2D eigenvalue weighted by Crippen LogP contribution is 2.59. The van der Waals surface area contributed by atoms with Crippen molar-refractivity contribution >= 4 is 11.8 Å². The van der Waals surface area contributed by atoms with E-state index in [1.807, 2.05) is 9.80 Å². The lowest BCUT2D eigenvalue weighted by molar-refractivity contribution is -0.135. The molecule has 4 rings (SSSR count). The molecule has 0 aromatic carbocycles. The smallest absolute Gasteiger partial charge is 0.224 e. The van der Waals surface area contributed by atoms with Crippen LogP contribution in [0.3, 0.4) is 0 Å². The summed E-state index contributed by atoms with van der Waals surface area (Å²) in [6.45, 7) is 1.55. The minimum atomic E-state index is -0.145. The SMILES string of the molecule is O=C1CC2CCC3CC(=O)N4CCN1C234. The molecule has 0 radical (unpaired) electrons. The van der Waals surface area contributed by atoms with Crippen LogP contribution in [-0.2, 0) is 9.59 Å². The van der Waals surface area contributed by atoms with Gasteiger partial charge in [0.05, 0.1) is 0 Å². The summed E-state index contributed by atoms with van der Waals surface area (Å²) in [6.07, 6.45) is 3.63. The Morgan fingerprint density at radius 1 is 0.933 bits per heavy atom.